The van der Waals surface area contributed by atoms with Crippen molar-refractivity contribution in [3.05, 3.63) is 42.5 Å². The third-order valence-corrected chi connectivity index (χ3v) is 2.55. The van der Waals surface area contributed by atoms with E-state index in [-0.39, 0.29) is 11.3 Å². The number of halogens is 3. The van der Waals surface area contributed by atoms with Gasteiger partial charge in [0, 0.05) is 11.8 Å². The fraction of sp³-hybridized carbons (Fsp3) is 0.0909. The summed E-state index contributed by atoms with van der Waals surface area (Å²) in [7, 11) is 0. The van der Waals surface area contributed by atoms with Gasteiger partial charge < -0.3 is 0 Å². The van der Waals surface area contributed by atoms with Gasteiger partial charge in [-0.05, 0) is 18.2 Å². The first-order valence-corrected chi connectivity index (χ1v) is 5.24. The van der Waals surface area contributed by atoms with E-state index in [0.29, 0.717) is 5.65 Å². The van der Waals surface area contributed by atoms with Gasteiger partial charge in [0.2, 0.25) is 0 Å². The standard InChI is InChI=1S/C11H6F3N5/c12-11(13,14)8-2-1-3-15-10(8)7-4-9-18-16-6-19(9)17-5-7/h1-6H. The molecule has 3 aromatic rings. The van der Waals surface area contributed by atoms with Gasteiger partial charge in [-0.25, -0.2) is 4.52 Å². The maximum absolute atomic E-state index is 12.9. The molecule has 0 unspecified atom stereocenters. The predicted molar refractivity (Wildman–Crippen MR) is 59.0 cm³/mol. The molecule has 0 saturated heterocycles. The Hall–Kier alpha value is -2.51. The number of aromatic nitrogens is 5. The van der Waals surface area contributed by atoms with Crippen LogP contribution in [0.1, 0.15) is 5.56 Å². The van der Waals surface area contributed by atoms with Gasteiger partial charge in [-0.15, -0.1) is 10.2 Å². The Morgan fingerprint density at radius 2 is 2.05 bits per heavy atom. The van der Waals surface area contributed by atoms with Gasteiger partial charge in [-0.1, -0.05) is 0 Å². The Kier molecular flexibility index (Phi) is 2.44. The summed E-state index contributed by atoms with van der Waals surface area (Å²) in [4.78, 5) is 3.79. The minimum atomic E-state index is -4.47. The highest BCUT2D eigenvalue weighted by atomic mass is 19.4. The van der Waals surface area contributed by atoms with E-state index in [0.717, 1.165) is 6.07 Å². The SMILES string of the molecule is FC(F)(F)c1cccnc1-c1cnn2cnnc2c1. The van der Waals surface area contributed by atoms with Gasteiger partial charge in [-0.2, -0.15) is 18.3 Å². The van der Waals surface area contributed by atoms with E-state index >= 15 is 0 Å². The van der Waals surface area contributed by atoms with Crippen molar-refractivity contribution in [3.63, 3.8) is 0 Å². The van der Waals surface area contributed by atoms with Crippen molar-refractivity contribution < 1.29 is 13.2 Å². The average molecular weight is 265 g/mol. The summed E-state index contributed by atoms with van der Waals surface area (Å²) in [6.07, 6.45) is -0.502. The number of alkyl halides is 3. The van der Waals surface area contributed by atoms with Crippen LogP contribution < -0.4 is 0 Å². The molecule has 5 nitrogen and oxygen atoms in total. The molecule has 3 aromatic heterocycles. The minimum Gasteiger partial charge on any atom is -0.256 e. The first-order valence-electron chi connectivity index (χ1n) is 5.24. The Bertz CT molecular complexity index is 734. The second kappa shape index (κ2) is 4.01. The quantitative estimate of drug-likeness (QED) is 0.677. The molecule has 96 valence electrons. The number of hydrogen-bond donors (Lipinski definition) is 0. The van der Waals surface area contributed by atoms with E-state index in [9.17, 15) is 13.2 Å². The van der Waals surface area contributed by atoms with Crippen LogP contribution in [0.5, 0.6) is 0 Å². The molecule has 19 heavy (non-hydrogen) atoms. The normalized spacial score (nSPS) is 11.9. The van der Waals surface area contributed by atoms with Crippen LogP contribution in [-0.4, -0.2) is 24.8 Å². The zero-order chi connectivity index (χ0) is 13.5. The van der Waals surface area contributed by atoms with Crippen molar-refractivity contribution in [1.29, 1.82) is 0 Å². The fourth-order valence-electron chi connectivity index (χ4n) is 1.72. The van der Waals surface area contributed by atoms with Crippen LogP contribution in [0.4, 0.5) is 13.2 Å². The van der Waals surface area contributed by atoms with Crippen molar-refractivity contribution in [1.82, 2.24) is 24.8 Å². The summed E-state index contributed by atoms with van der Waals surface area (Å²) in [6.45, 7) is 0. The molecule has 0 saturated carbocycles. The van der Waals surface area contributed by atoms with E-state index in [1.807, 2.05) is 0 Å². The molecule has 3 heterocycles. The molecule has 0 fully saturated rings. The van der Waals surface area contributed by atoms with Crippen molar-refractivity contribution in [2.75, 3.05) is 0 Å². The Morgan fingerprint density at radius 3 is 2.84 bits per heavy atom. The lowest BCUT2D eigenvalue weighted by Gasteiger charge is -2.11. The summed E-state index contributed by atoms with van der Waals surface area (Å²) in [5, 5.41) is 11.3. The van der Waals surface area contributed by atoms with E-state index in [4.69, 9.17) is 0 Å². The van der Waals surface area contributed by atoms with Gasteiger partial charge in [-0.3, -0.25) is 4.98 Å². The van der Waals surface area contributed by atoms with E-state index in [1.54, 1.807) is 0 Å². The lowest BCUT2D eigenvalue weighted by molar-refractivity contribution is -0.137. The van der Waals surface area contributed by atoms with Crippen LogP contribution in [0.25, 0.3) is 16.9 Å². The summed E-state index contributed by atoms with van der Waals surface area (Å²) in [6, 6.07) is 3.68. The molecule has 0 spiro atoms. The zero-order valence-corrected chi connectivity index (χ0v) is 9.33. The highest BCUT2D eigenvalue weighted by Crippen LogP contribution is 2.35. The fourth-order valence-corrected chi connectivity index (χ4v) is 1.72. The van der Waals surface area contributed by atoms with Gasteiger partial charge >= 0.3 is 6.18 Å². The molecule has 0 aromatic carbocycles. The number of pyridine rings is 1. The van der Waals surface area contributed by atoms with E-state index < -0.39 is 11.7 Å². The van der Waals surface area contributed by atoms with Crippen LogP contribution in [0.3, 0.4) is 0 Å². The van der Waals surface area contributed by atoms with Crippen LogP contribution in [0, 0.1) is 0 Å². The second-order valence-corrected chi connectivity index (χ2v) is 3.78. The molecule has 8 heteroatoms. The predicted octanol–water partition coefficient (Wildman–Crippen LogP) is 2.21. The van der Waals surface area contributed by atoms with Crippen LogP contribution in [0.2, 0.25) is 0 Å². The number of nitrogens with zero attached hydrogens (tertiary/aromatic N) is 5. The molecule has 0 amide bonds. The van der Waals surface area contributed by atoms with Crippen molar-refractivity contribution in [2.24, 2.45) is 0 Å². The third kappa shape index (κ3) is 2.01. The minimum absolute atomic E-state index is 0.173. The average Bonchev–Trinajstić information content (AvgIpc) is 2.85. The highest BCUT2D eigenvalue weighted by Gasteiger charge is 2.34. The molecule has 0 radical (unpaired) electrons. The van der Waals surface area contributed by atoms with Gasteiger partial charge in [0.25, 0.3) is 0 Å². The maximum atomic E-state index is 12.9. The Morgan fingerprint density at radius 1 is 1.21 bits per heavy atom. The molecular weight excluding hydrogens is 259 g/mol. The molecule has 0 aliphatic carbocycles. The summed E-state index contributed by atoms with van der Waals surface area (Å²) >= 11 is 0. The van der Waals surface area contributed by atoms with Crippen molar-refractivity contribution in [3.8, 4) is 11.3 Å². The van der Waals surface area contributed by atoms with Crippen LogP contribution in [0.15, 0.2) is 36.9 Å². The monoisotopic (exact) mass is 265 g/mol. The van der Waals surface area contributed by atoms with E-state index in [2.05, 4.69) is 20.3 Å². The Balaban J connectivity index is 2.21. The summed E-state index contributed by atoms with van der Waals surface area (Å²) in [5.41, 5.74) is -0.377. The third-order valence-electron chi connectivity index (χ3n) is 2.55. The number of rotatable bonds is 1. The smallest absolute Gasteiger partial charge is 0.256 e. The lowest BCUT2D eigenvalue weighted by atomic mass is 10.1. The Labute approximate surface area is 104 Å². The molecule has 0 aliphatic rings. The van der Waals surface area contributed by atoms with Gasteiger partial charge in [0.15, 0.2) is 5.65 Å². The number of hydrogen-bond acceptors (Lipinski definition) is 4. The second-order valence-electron chi connectivity index (χ2n) is 3.78. The van der Waals surface area contributed by atoms with Crippen molar-refractivity contribution >= 4 is 5.65 Å². The summed E-state index contributed by atoms with van der Waals surface area (Å²) in [5.74, 6) is 0. The highest BCUT2D eigenvalue weighted by molar-refractivity contribution is 5.66. The first-order chi connectivity index (χ1) is 9.05. The van der Waals surface area contributed by atoms with Crippen LogP contribution >= 0.6 is 0 Å². The molecule has 0 bridgehead atoms. The van der Waals surface area contributed by atoms with Gasteiger partial charge in [0.1, 0.15) is 6.33 Å². The summed E-state index contributed by atoms with van der Waals surface area (Å²) < 4.78 is 40.0. The zero-order valence-electron chi connectivity index (χ0n) is 9.33. The molecule has 0 atom stereocenters. The molecule has 0 aliphatic heterocycles. The van der Waals surface area contributed by atoms with Gasteiger partial charge in [0.05, 0.1) is 17.5 Å². The van der Waals surface area contributed by atoms with Crippen LogP contribution in [-0.2, 0) is 6.18 Å². The molecule has 0 N–H and O–H groups in total. The van der Waals surface area contributed by atoms with E-state index in [1.165, 1.54) is 35.4 Å². The molecule has 3 rings (SSSR count). The van der Waals surface area contributed by atoms with Crippen molar-refractivity contribution in [2.45, 2.75) is 6.18 Å². The first kappa shape index (κ1) is 11.6. The number of fused-ring (bicyclic) bond motifs is 1. The largest absolute Gasteiger partial charge is 0.418 e. The topological polar surface area (TPSA) is 56.0 Å². The lowest BCUT2D eigenvalue weighted by Crippen LogP contribution is -2.08. The maximum Gasteiger partial charge on any atom is 0.418 e. The molecular formula is C11H6F3N5.